The van der Waals surface area contributed by atoms with E-state index in [0.717, 1.165) is 61.3 Å². The molecule has 1 atom stereocenters. The quantitative estimate of drug-likeness (QED) is 0.218. The van der Waals surface area contributed by atoms with Gasteiger partial charge in [0, 0.05) is 18.8 Å². The molecule has 0 aliphatic rings. The molecule has 0 unspecified atom stereocenters. The fourth-order valence-electron chi connectivity index (χ4n) is 4.19. The lowest BCUT2D eigenvalue weighted by Gasteiger charge is -2.24. The zero-order valence-corrected chi connectivity index (χ0v) is 21.7. The third-order valence-electron chi connectivity index (χ3n) is 5.97. The second kappa shape index (κ2) is 14.7. The Hall–Kier alpha value is -2.44. The number of allylic oxidation sites excluding steroid dienone is 1. The summed E-state index contributed by atoms with van der Waals surface area (Å²) in [6, 6.07) is 5.76. The lowest BCUT2D eigenvalue weighted by molar-refractivity contribution is 0.0501. The molecule has 0 saturated heterocycles. The number of fused-ring (bicyclic) bond motifs is 1. The number of hydrogen-bond donors (Lipinski definition) is 1. The first-order valence-electron chi connectivity index (χ1n) is 12.2. The van der Waals surface area contributed by atoms with E-state index >= 15 is 0 Å². The van der Waals surface area contributed by atoms with Gasteiger partial charge in [-0.3, -0.25) is 0 Å². The van der Waals surface area contributed by atoms with Crippen LogP contribution in [-0.2, 0) is 4.74 Å². The molecule has 0 aliphatic carbocycles. The number of rotatable bonds is 16. The van der Waals surface area contributed by atoms with Crippen LogP contribution in [0.3, 0.4) is 0 Å². The van der Waals surface area contributed by atoms with E-state index in [0.29, 0.717) is 29.6 Å². The van der Waals surface area contributed by atoms with Gasteiger partial charge in [0.15, 0.2) is 0 Å². The van der Waals surface area contributed by atoms with Gasteiger partial charge >= 0.3 is 0 Å². The highest BCUT2D eigenvalue weighted by Crippen LogP contribution is 2.48. The van der Waals surface area contributed by atoms with Crippen molar-refractivity contribution in [3.8, 4) is 23.0 Å². The van der Waals surface area contributed by atoms with Gasteiger partial charge in [-0.05, 0) is 51.3 Å². The Bertz CT molecular complexity index is 917. The summed E-state index contributed by atoms with van der Waals surface area (Å²) >= 11 is 0. The summed E-state index contributed by atoms with van der Waals surface area (Å²) < 4.78 is 29.5. The van der Waals surface area contributed by atoms with Crippen LogP contribution in [-0.4, -0.2) is 46.8 Å². The molecular weight excluding hydrogens is 432 g/mol. The normalized spacial score (nSPS) is 11.9. The minimum atomic E-state index is -0.187. The maximum Gasteiger partial charge on any atom is 0.136 e. The molecule has 1 N–H and O–H groups in total. The molecule has 34 heavy (non-hydrogen) atoms. The van der Waals surface area contributed by atoms with E-state index in [1.165, 1.54) is 5.57 Å². The van der Waals surface area contributed by atoms with E-state index < -0.39 is 0 Å². The molecule has 0 fully saturated rings. The monoisotopic (exact) mass is 474 g/mol. The van der Waals surface area contributed by atoms with Crippen LogP contribution >= 0.6 is 0 Å². The molecule has 0 aromatic heterocycles. The van der Waals surface area contributed by atoms with Crippen molar-refractivity contribution >= 4 is 10.8 Å². The van der Waals surface area contributed by atoms with Crippen molar-refractivity contribution in [2.75, 3.05) is 41.7 Å². The van der Waals surface area contributed by atoms with Gasteiger partial charge in [0.05, 0.1) is 45.3 Å². The molecule has 0 aliphatic heterocycles. The highest BCUT2D eigenvalue weighted by atomic mass is 16.5. The summed E-state index contributed by atoms with van der Waals surface area (Å²) in [6.45, 7) is 5.13. The lowest BCUT2D eigenvalue weighted by atomic mass is 9.97. The lowest BCUT2D eigenvalue weighted by Crippen LogP contribution is -2.09. The summed E-state index contributed by atoms with van der Waals surface area (Å²) in [5, 5.41) is 10.5. The number of unbranched alkanes of at least 4 members (excludes halogenated alkanes) is 5. The van der Waals surface area contributed by atoms with E-state index in [9.17, 15) is 0 Å². The molecule has 2 aromatic rings. The maximum atomic E-state index is 8.92. The Morgan fingerprint density at radius 2 is 1.38 bits per heavy atom. The zero-order chi connectivity index (χ0) is 24.9. The van der Waals surface area contributed by atoms with Crippen molar-refractivity contribution in [1.29, 1.82) is 0 Å². The SMILES string of the molecule is COc1ccc(OC)c2c(OC)c([C@@H](CC=C(C)C)OCCCCCCCCO)cc(OC)c12. The van der Waals surface area contributed by atoms with E-state index in [1.807, 2.05) is 18.2 Å². The van der Waals surface area contributed by atoms with Crippen molar-refractivity contribution in [3.63, 3.8) is 0 Å². The smallest absolute Gasteiger partial charge is 0.136 e. The van der Waals surface area contributed by atoms with Crippen LogP contribution in [0.15, 0.2) is 29.8 Å². The van der Waals surface area contributed by atoms with Crippen LogP contribution in [0, 0.1) is 0 Å². The van der Waals surface area contributed by atoms with Crippen molar-refractivity contribution in [3.05, 3.63) is 35.4 Å². The van der Waals surface area contributed by atoms with Crippen molar-refractivity contribution in [2.45, 2.75) is 64.9 Å². The first kappa shape index (κ1) is 27.8. The van der Waals surface area contributed by atoms with E-state index in [1.54, 1.807) is 28.4 Å². The Balaban J connectivity index is 2.40. The van der Waals surface area contributed by atoms with Crippen LogP contribution in [0.25, 0.3) is 10.8 Å². The predicted octanol–water partition coefficient (Wildman–Crippen LogP) is 6.62. The molecule has 6 heteroatoms. The van der Waals surface area contributed by atoms with E-state index in [2.05, 4.69) is 19.9 Å². The molecule has 0 bridgehead atoms. The minimum absolute atomic E-state index is 0.187. The van der Waals surface area contributed by atoms with Gasteiger partial charge in [-0.1, -0.05) is 37.3 Å². The first-order valence-corrected chi connectivity index (χ1v) is 12.2. The fraction of sp³-hybridized carbons (Fsp3) is 0.571. The summed E-state index contributed by atoms with van der Waals surface area (Å²) in [5.74, 6) is 2.79. The Labute approximate surface area is 204 Å². The highest BCUT2D eigenvalue weighted by molar-refractivity contribution is 6.03. The zero-order valence-electron chi connectivity index (χ0n) is 21.7. The van der Waals surface area contributed by atoms with Gasteiger partial charge in [0.2, 0.25) is 0 Å². The van der Waals surface area contributed by atoms with E-state index in [4.69, 9.17) is 28.8 Å². The molecule has 0 heterocycles. The van der Waals surface area contributed by atoms with Crippen molar-refractivity contribution in [1.82, 2.24) is 0 Å². The van der Waals surface area contributed by atoms with Gasteiger partial charge in [0.25, 0.3) is 0 Å². The number of aliphatic hydroxyl groups is 1. The van der Waals surface area contributed by atoms with Gasteiger partial charge in [0.1, 0.15) is 23.0 Å². The third kappa shape index (κ3) is 7.28. The Kier molecular flexibility index (Phi) is 12.1. The number of aliphatic hydroxyl groups excluding tert-OH is 1. The molecule has 190 valence electrons. The molecule has 0 saturated carbocycles. The number of hydrogen-bond acceptors (Lipinski definition) is 6. The summed E-state index contributed by atoms with van der Waals surface area (Å²) in [6.07, 6.45) is 9.13. The number of benzene rings is 2. The van der Waals surface area contributed by atoms with Gasteiger partial charge in [-0.2, -0.15) is 0 Å². The standard InChI is InChI=1S/C28H42O6/c1-20(2)13-14-22(34-18-12-10-8-7-9-11-17-29)21-19-25(32-5)26-23(30-3)15-16-24(31-4)27(26)28(21)33-6/h13,15-16,19,22,29H,7-12,14,17-18H2,1-6H3/t22-/m1/s1. The maximum absolute atomic E-state index is 8.92. The Morgan fingerprint density at radius 3 is 1.94 bits per heavy atom. The summed E-state index contributed by atoms with van der Waals surface area (Å²) in [4.78, 5) is 0. The van der Waals surface area contributed by atoms with Gasteiger partial charge in [-0.15, -0.1) is 0 Å². The topological polar surface area (TPSA) is 66.4 Å². The van der Waals surface area contributed by atoms with E-state index in [-0.39, 0.29) is 12.7 Å². The fourth-order valence-corrected chi connectivity index (χ4v) is 4.19. The number of methoxy groups -OCH3 is 4. The molecule has 0 radical (unpaired) electrons. The predicted molar refractivity (Wildman–Crippen MR) is 138 cm³/mol. The average Bonchev–Trinajstić information content (AvgIpc) is 2.85. The summed E-state index contributed by atoms with van der Waals surface area (Å²) in [5.41, 5.74) is 2.17. The average molecular weight is 475 g/mol. The number of ether oxygens (including phenoxy) is 5. The summed E-state index contributed by atoms with van der Waals surface area (Å²) in [7, 11) is 6.63. The van der Waals surface area contributed by atoms with Crippen LogP contribution in [0.1, 0.15) is 70.5 Å². The van der Waals surface area contributed by atoms with Gasteiger partial charge < -0.3 is 28.8 Å². The van der Waals surface area contributed by atoms with Gasteiger partial charge in [-0.25, -0.2) is 0 Å². The molecule has 2 aromatic carbocycles. The van der Waals surface area contributed by atoms with Crippen LogP contribution < -0.4 is 18.9 Å². The molecule has 2 rings (SSSR count). The third-order valence-corrected chi connectivity index (χ3v) is 5.97. The van der Waals surface area contributed by atoms with Crippen LogP contribution in [0.4, 0.5) is 0 Å². The molecule has 0 amide bonds. The Morgan fingerprint density at radius 1 is 0.794 bits per heavy atom. The second-order valence-corrected chi connectivity index (χ2v) is 8.64. The van der Waals surface area contributed by atoms with Crippen LogP contribution in [0.2, 0.25) is 0 Å². The largest absolute Gasteiger partial charge is 0.496 e. The minimum Gasteiger partial charge on any atom is -0.496 e. The first-order chi connectivity index (χ1) is 16.5. The highest BCUT2D eigenvalue weighted by Gasteiger charge is 2.25. The molecule has 6 nitrogen and oxygen atoms in total. The molecular formula is C28H42O6. The second-order valence-electron chi connectivity index (χ2n) is 8.64. The van der Waals surface area contributed by atoms with Crippen molar-refractivity contribution < 1.29 is 28.8 Å². The van der Waals surface area contributed by atoms with Crippen LogP contribution in [0.5, 0.6) is 23.0 Å². The van der Waals surface area contributed by atoms with Crippen molar-refractivity contribution in [2.24, 2.45) is 0 Å². The molecule has 0 spiro atoms.